The summed E-state index contributed by atoms with van der Waals surface area (Å²) in [6.07, 6.45) is -3.03. The zero-order valence-corrected chi connectivity index (χ0v) is 12.8. The smallest absolute Gasteiger partial charge is 0.394 e. The highest BCUT2D eigenvalue weighted by Gasteiger charge is 2.55. The lowest BCUT2D eigenvalue weighted by atomic mass is 9.99. The highest BCUT2D eigenvalue weighted by atomic mass is 35.5. The number of benzene rings is 1. The molecule has 1 fully saturated rings. The molecule has 1 aliphatic rings. The molecule has 2 rings (SSSR count). The SMILES string of the molecule is O=C(c1ccc(Cl)cc1)[C@@]1(OP(=O)(O)O)C[C@H](O)[C@@H](CO)O1. The van der Waals surface area contributed by atoms with Gasteiger partial charge in [-0.25, -0.2) is 9.09 Å². The van der Waals surface area contributed by atoms with Crippen LogP contribution < -0.4 is 0 Å². The van der Waals surface area contributed by atoms with E-state index in [9.17, 15) is 14.5 Å². The number of phosphoric acid groups is 1. The molecule has 3 atom stereocenters. The van der Waals surface area contributed by atoms with E-state index < -0.39 is 44.6 Å². The Morgan fingerprint density at radius 1 is 1.41 bits per heavy atom. The van der Waals surface area contributed by atoms with Crippen molar-refractivity contribution in [2.75, 3.05) is 6.61 Å². The van der Waals surface area contributed by atoms with Gasteiger partial charge in [0.2, 0.25) is 11.6 Å². The van der Waals surface area contributed by atoms with Crippen molar-refractivity contribution in [3.63, 3.8) is 0 Å². The number of halogens is 1. The predicted octanol–water partition coefficient (Wildman–Crippen LogP) is 0.470. The molecule has 0 saturated carbocycles. The van der Waals surface area contributed by atoms with E-state index in [4.69, 9.17) is 31.2 Å². The number of phosphoric ester groups is 1. The minimum Gasteiger partial charge on any atom is -0.394 e. The number of carbonyl (C=O) groups excluding carboxylic acids is 1. The first kappa shape index (κ1) is 17.5. The minimum absolute atomic E-state index is 0.0311. The van der Waals surface area contributed by atoms with Crippen molar-refractivity contribution in [2.45, 2.75) is 24.4 Å². The highest BCUT2D eigenvalue weighted by molar-refractivity contribution is 7.46. The molecule has 0 radical (unpaired) electrons. The molecule has 10 heteroatoms. The van der Waals surface area contributed by atoms with Gasteiger partial charge in [-0.15, -0.1) is 0 Å². The molecular weight excluding hydrogens is 339 g/mol. The Labute approximate surface area is 130 Å². The standard InChI is InChI=1S/C12H14ClO8P/c13-8-3-1-7(2-4-8)11(16)12(21-22(17,18)19)5-9(15)10(6-14)20-12/h1-4,9-10,14-15H,5-6H2,(H2,17,18,19)/t9-,10+,12-/m0/s1. The Morgan fingerprint density at radius 3 is 2.45 bits per heavy atom. The molecule has 1 aromatic carbocycles. The van der Waals surface area contributed by atoms with Gasteiger partial charge in [0.05, 0.1) is 12.7 Å². The summed E-state index contributed by atoms with van der Waals surface area (Å²) in [7, 11) is -5.09. The molecule has 4 N–H and O–H groups in total. The molecule has 1 aromatic rings. The fourth-order valence-electron chi connectivity index (χ4n) is 2.20. The summed E-state index contributed by atoms with van der Waals surface area (Å²) < 4.78 is 20.8. The van der Waals surface area contributed by atoms with Gasteiger partial charge in [-0.05, 0) is 24.3 Å². The molecule has 0 aliphatic carbocycles. The zero-order chi connectivity index (χ0) is 16.5. The summed E-state index contributed by atoms with van der Waals surface area (Å²) in [5, 5.41) is 19.2. The molecule has 1 saturated heterocycles. The Morgan fingerprint density at radius 2 is 2.00 bits per heavy atom. The maximum absolute atomic E-state index is 12.5. The molecule has 22 heavy (non-hydrogen) atoms. The number of aliphatic hydroxyl groups excluding tert-OH is 2. The number of ketones is 1. The Balaban J connectivity index is 2.39. The lowest BCUT2D eigenvalue weighted by Gasteiger charge is -2.27. The van der Waals surface area contributed by atoms with Crippen LogP contribution in [-0.4, -0.2) is 50.4 Å². The van der Waals surface area contributed by atoms with Crippen LogP contribution in [0.5, 0.6) is 0 Å². The quantitative estimate of drug-likeness (QED) is 0.444. The lowest BCUT2D eigenvalue weighted by molar-refractivity contribution is -0.156. The molecule has 1 aliphatic heterocycles. The fraction of sp³-hybridized carbons (Fsp3) is 0.417. The number of hydrogen-bond donors (Lipinski definition) is 4. The molecule has 0 amide bonds. The monoisotopic (exact) mass is 352 g/mol. The molecule has 0 unspecified atom stereocenters. The van der Waals surface area contributed by atoms with Gasteiger partial charge in [0.25, 0.3) is 0 Å². The van der Waals surface area contributed by atoms with Crippen LogP contribution in [0.2, 0.25) is 5.02 Å². The molecule has 0 aromatic heterocycles. The van der Waals surface area contributed by atoms with Gasteiger partial charge in [0.1, 0.15) is 6.10 Å². The van der Waals surface area contributed by atoms with Gasteiger partial charge >= 0.3 is 7.82 Å². The largest absolute Gasteiger partial charge is 0.472 e. The van der Waals surface area contributed by atoms with Crippen molar-refractivity contribution in [3.8, 4) is 0 Å². The van der Waals surface area contributed by atoms with E-state index in [0.29, 0.717) is 5.02 Å². The van der Waals surface area contributed by atoms with Crippen LogP contribution in [0.3, 0.4) is 0 Å². The van der Waals surface area contributed by atoms with E-state index in [1.54, 1.807) is 0 Å². The number of ether oxygens (including phenoxy) is 1. The van der Waals surface area contributed by atoms with Crippen LogP contribution in [-0.2, 0) is 13.8 Å². The van der Waals surface area contributed by atoms with Crippen LogP contribution >= 0.6 is 19.4 Å². The van der Waals surface area contributed by atoms with Gasteiger partial charge < -0.3 is 24.7 Å². The van der Waals surface area contributed by atoms with E-state index in [1.807, 2.05) is 0 Å². The van der Waals surface area contributed by atoms with E-state index >= 15 is 0 Å². The van der Waals surface area contributed by atoms with Crippen molar-refractivity contribution in [1.82, 2.24) is 0 Å². The fourth-order valence-corrected chi connectivity index (χ4v) is 2.91. The van der Waals surface area contributed by atoms with E-state index in [2.05, 4.69) is 4.52 Å². The normalized spacial score (nSPS) is 28.8. The van der Waals surface area contributed by atoms with Gasteiger partial charge in [-0.1, -0.05) is 11.6 Å². The van der Waals surface area contributed by atoms with Crippen molar-refractivity contribution in [3.05, 3.63) is 34.9 Å². The molecule has 1 heterocycles. The Bertz CT molecular complexity index is 600. The van der Waals surface area contributed by atoms with Crippen molar-refractivity contribution >= 4 is 25.2 Å². The maximum atomic E-state index is 12.5. The van der Waals surface area contributed by atoms with E-state index in [-0.39, 0.29) is 5.56 Å². The second-order valence-electron chi connectivity index (χ2n) is 4.78. The number of hydrogen-bond acceptors (Lipinski definition) is 6. The van der Waals surface area contributed by atoms with Crippen LogP contribution in [0.4, 0.5) is 0 Å². The summed E-state index contributed by atoms with van der Waals surface area (Å²) in [6, 6.07) is 5.48. The summed E-state index contributed by atoms with van der Waals surface area (Å²) in [5.74, 6) is -3.26. The first-order chi connectivity index (χ1) is 10.2. The summed E-state index contributed by atoms with van der Waals surface area (Å²) >= 11 is 5.71. The Hall–Kier alpha value is -0.830. The average molecular weight is 353 g/mol. The third-order valence-electron chi connectivity index (χ3n) is 3.15. The van der Waals surface area contributed by atoms with Gasteiger partial charge in [-0.3, -0.25) is 4.79 Å². The molecule has 0 bridgehead atoms. The molecule has 122 valence electrons. The van der Waals surface area contributed by atoms with Crippen LogP contribution in [0.25, 0.3) is 0 Å². The third-order valence-corrected chi connectivity index (χ3v) is 3.93. The van der Waals surface area contributed by atoms with Gasteiger partial charge in [0.15, 0.2) is 0 Å². The number of Topliss-reactive ketones (excluding diaryl/α,β-unsaturated/α-hetero) is 1. The van der Waals surface area contributed by atoms with Gasteiger partial charge in [0, 0.05) is 17.0 Å². The first-order valence-electron chi connectivity index (χ1n) is 6.20. The first-order valence-corrected chi connectivity index (χ1v) is 8.11. The topological polar surface area (TPSA) is 134 Å². The summed E-state index contributed by atoms with van der Waals surface area (Å²) in [4.78, 5) is 30.6. The summed E-state index contributed by atoms with van der Waals surface area (Å²) in [5.41, 5.74) is 0.0311. The van der Waals surface area contributed by atoms with Gasteiger partial charge in [-0.2, -0.15) is 0 Å². The van der Waals surface area contributed by atoms with E-state index in [1.165, 1.54) is 24.3 Å². The van der Waals surface area contributed by atoms with Crippen LogP contribution in [0.15, 0.2) is 24.3 Å². The minimum atomic E-state index is -5.09. The maximum Gasteiger partial charge on any atom is 0.472 e. The van der Waals surface area contributed by atoms with E-state index in [0.717, 1.165) is 0 Å². The highest BCUT2D eigenvalue weighted by Crippen LogP contribution is 2.48. The van der Waals surface area contributed by atoms with Crippen LogP contribution in [0.1, 0.15) is 16.8 Å². The number of rotatable bonds is 5. The second kappa shape index (κ2) is 6.35. The molecule has 0 spiro atoms. The molecule has 8 nitrogen and oxygen atoms in total. The Kier molecular flexibility index (Phi) is 5.06. The zero-order valence-electron chi connectivity index (χ0n) is 11.1. The number of carbonyl (C=O) groups is 1. The van der Waals surface area contributed by atoms with Crippen molar-refractivity contribution < 1.29 is 38.6 Å². The van der Waals surface area contributed by atoms with Crippen molar-refractivity contribution in [1.29, 1.82) is 0 Å². The predicted molar refractivity (Wildman–Crippen MR) is 74.2 cm³/mol. The lowest BCUT2D eigenvalue weighted by Crippen LogP contribution is -2.41. The van der Waals surface area contributed by atoms with Crippen molar-refractivity contribution in [2.24, 2.45) is 0 Å². The molecular formula is C12H14ClO8P. The van der Waals surface area contributed by atoms with Crippen LogP contribution in [0, 0.1) is 0 Å². The average Bonchev–Trinajstić information content (AvgIpc) is 2.74. The number of aliphatic hydroxyl groups is 2. The second-order valence-corrected chi connectivity index (χ2v) is 6.38. The third kappa shape index (κ3) is 3.73. The summed E-state index contributed by atoms with van der Waals surface area (Å²) in [6.45, 7) is -0.638.